The van der Waals surface area contributed by atoms with E-state index in [1.54, 1.807) is 13.2 Å². The third kappa shape index (κ3) is 8.19. The molecule has 0 aliphatic heterocycles. The fourth-order valence-corrected chi connectivity index (χ4v) is 2.86. The second kappa shape index (κ2) is 12.6. The van der Waals surface area contributed by atoms with Crippen LogP contribution in [-0.2, 0) is 4.79 Å². The van der Waals surface area contributed by atoms with Crippen molar-refractivity contribution in [2.75, 3.05) is 19.0 Å². The molecule has 1 N–H and O–H groups in total. The number of hydrogen-bond donors (Lipinski definition) is 1. The third-order valence-corrected chi connectivity index (χ3v) is 4.36. The first-order chi connectivity index (χ1) is 14.5. The zero-order chi connectivity index (χ0) is 21.8. The van der Waals surface area contributed by atoms with Crippen molar-refractivity contribution in [3.8, 4) is 17.2 Å². The number of carbonyl (C=O) groups excluding carboxylic acids is 1. The summed E-state index contributed by atoms with van der Waals surface area (Å²) in [7, 11) is 1.62. The van der Waals surface area contributed by atoms with Crippen LogP contribution in [-0.4, -0.2) is 25.7 Å². The van der Waals surface area contributed by atoms with E-state index in [-0.39, 0.29) is 12.0 Å². The fraction of sp³-hybridized carbons (Fsp3) is 0.400. The number of methoxy groups -OCH3 is 1. The van der Waals surface area contributed by atoms with E-state index in [4.69, 9.17) is 14.2 Å². The molecule has 2 rings (SSSR count). The van der Waals surface area contributed by atoms with Crippen molar-refractivity contribution >= 4 is 17.7 Å². The Morgan fingerprint density at radius 2 is 1.80 bits per heavy atom. The minimum absolute atomic E-state index is 0.114. The Morgan fingerprint density at radius 1 is 1.03 bits per heavy atom. The molecule has 0 unspecified atom stereocenters. The highest BCUT2D eigenvalue weighted by atomic mass is 16.5. The Labute approximate surface area is 180 Å². The molecular formula is C25H33NO4. The van der Waals surface area contributed by atoms with Crippen LogP contribution < -0.4 is 19.5 Å². The molecule has 0 fully saturated rings. The van der Waals surface area contributed by atoms with Crippen LogP contribution >= 0.6 is 0 Å². The van der Waals surface area contributed by atoms with Gasteiger partial charge in [-0.1, -0.05) is 32.3 Å². The largest absolute Gasteiger partial charge is 0.493 e. The second-order valence-corrected chi connectivity index (χ2v) is 7.33. The van der Waals surface area contributed by atoms with Gasteiger partial charge in [-0.2, -0.15) is 0 Å². The zero-order valence-corrected chi connectivity index (χ0v) is 18.4. The van der Waals surface area contributed by atoms with Gasteiger partial charge in [0.15, 0.2) is 11.5 Å². The highest BCUT2D eigenvalue weighted by Gasteiger charge is 2.06. The van der Waals surface area contributed by atoms with Gasteiger partial charge in [0.2, 0.25) is 5.91 Å². The summed E-state index contributed by atoms with van der Waals surface area (Å²) < 4.78 is 16.9. The van der Waals surface area contributed by atoms with Gasteiger partial charge in [-0.05, 0) is 68.3 Å². The van der Waals surface area contributed by atoms with Gasteiger partial charge in [-0.3, -0.25) is 4.79 Å². The zero-order valence-electron chi connectivity index (χ0n) is 18.4. The maximum atomic E-state index is 12.2. The molecule has 5 nitrogen and oxygen atoms in total. The van der Waals surface area contributed by atoms with Crippen molar-refractivity contribution in [3.05, 3.63) is 54.1 Å². The highest BCUT2D eigenvalue weighted by molar-refractivity contribution is 6.01. The molecule has 2 aromatic rings. The monoisotopic (exact) mass is 411 g/mol. The first-order valence-corrected chi connectivity index (χ1v) is 10.6. The SMILES string of the molecule is CCCCCCOc1ccc(C=CC(=O)Nc2ccc(OC(C)C)cc2)cc1OC. The van der Waals surface area contributed by atoms with Crippen molar-refractivity contribution < 1.29 is 19.0 Å². The van der Waals surface area contributed by atoms with Gasteiger partial charge in [0.25, 0.3) is 0 Å². The summed E-state index contributed by atoms with van der Waals surface area (Å²) in [6.45, 7) is 6.81. The van der Waals surface area contributed by atoms with E-state index in [2.05, 4.69) is 12.2 Å². The number of benzene rings is 2. The van der Waals surface area contributed by atoms with Gasteiger partial charge in [0, 0.05) is 11.8 Å². The number of ether oxygens (including phenoxy) is 3. The molecular weight excluding hydrogens is 378 g/mol. The fourth-order valence-electron chi connectivity index (χ4n) is 2.86. The lowest BCUT2D eigenvalue weighted by Gasteiger charge is -2.11. The lowest BCUT2D eigenvalue weighted by Crippen LogP contribution is -2.08. The summed E-state index contributed by atoms with van der Waals surface area (Å²) in [6.07, 6.45) is 7.99. The predicted octanol–water partition coefficient (Wildman–Crippen LogP) is 6.09. The van der Waals surface area contributed by atoms with Crippen molar-refractivity contribution in [1.29, 1.82) is 0 Å². The molecule has 0 saturated carbocycles. The Hall–Kier alpha value is -2.95. The van der Waals surface area contributed by atoms with Crippen LogP contribution in [0.5, 0.6) is 17.2 Å². The number of nitrogens with one attached hydrogen (secondary N) is 1. The van der Waals surface area contributed by atoms with Gasteiger partial charge in [0.05, 0.1) is 19.8 Å². The number of rotatable bonds is 12. The molecule has 0 saturated heterocycles. The Morgan fingerprint density at radius 3 is 2.47 bits per heavy atom. The van der Waals surface area contributed by atoms with Gasteiger partial charge >= 0.3 is 0 Å². The van der Waals surface area contributed by atoms with Crippen molar-refractivity contribution in [3.63, 3.8) is 0 Å². The van der Waals surface area contributed by atoms with Gasteiger partial charge in [0.1, 0.15) is 5.75 Å². The summed E-state index contributed by atoms with van der Waals surface area (Å²) in [6, 6.07) is 13.0. The molecule has 162 valence electrons. The molecule has 1 amide bonds. The minimum atomic E-state index is -0.206. The molecule has 0 aromatic heterocycles. The average molecular weight is 412 g/mol. The van der Waals surface area contributed by atoms with Crippen molar-refractivity contribution in [2.45, 2.75) is 52.6 Å². The number of hydrogen-bond acceptors (Lipinski definition) is 4. The molecule has 30 heavy (non-hydrogen) atoms. The summed E-state index contributed by atoms with van der Waals surface area (Å²) in [5.41, 5.74) is 1.58. The first kappa shape index (κ1) is 23.3. The summed E-state index contributed by atoms with van der Waals surface area (Å²) in [5.74, 6) is 1.95. The topological polar surface area (TPSA) is 56.8 Å². The van der Waals surface area contributed by atoms with E-state index >= 15 is 0 Å². The van der Waals surface area contributed by atoms with Crippen LogP contribution in [0.3, 0.4) is 0 Å². The summed E-state index contributed by atoms with van der Waals surface area (Å²) >= 11 is 0. The van der Waals surface area contributed by atoms with E-state index in [1.807, 2.05) is 56.3 Å². The van der Waals surface area contributed by atoms with E-state index < -0.39 is 0 Å². The van der Waals surface area contributed by atoms with Crippen molar-refractivity contribution in [2.24, 2.45) is 0 Å². The van der Waals surface area contributed by atoms with Crippen LogP contribution in [0.25, 0.3) is 6.08 Å². The van der Waals surface area contributed by atoms with Gasteiger partial charge < -0.3 is 19.5 Å². The van der Waals surface area contributed by atoms with Crippen LogP contribution in [0.2, 0.25) is 0 Å². The lowest BCUT2D eigenvalue weighted by molar-refractivity contribution is -0.111. The molecule has 0 atom stereocenters. The summed E-state index contributed by atoms with van der Waals surface area (Å²) in [5, 5.41) is 2.84. The van der Waals surface area contributed by atoms with E-state index in [9.17, 15) is 4.79 Å². The maximum absolute atomic E-state index is 12.2. The van der Waals surface area contributed by atoms with E-state index in [0.29, 0.717) is 18.0 Å². The third-order valence-electron chi connectivity index (χ3n) is 4.36. The minimum Gasteiger partial charge on any atom is -0.493 e. The molecule has 0 bridgehead atoms. The van der Waals surface area contributed by atoms with Crippen molar-refractivity contribution in [1.82, 2.24) is 0 Å². The molecule has 0 heterocycles. The van der Waals surface area contributed by atoms with Gasteiger partial charge in [-0.25, -0.2) is 0 Å². The highest BCUT2D eigenvalue weighted by Crippen LogP contribution is 2.29. The molecule has 5 heteroatoms. The van der Waals surface area contributed by atoms with Crippen LogP contribution in [0.4, 0.5) is 5.69 Å². The van der Waals surface area contributed by atoms with Gasteiger partial charge in [-0.15, -0.1) is 0 Å². The average Bonchev–Trinajstić information content (AvgIpc) is 2.73. The van der Waals surface area contributed by atoms with Crippen LogP contribution in [0.15, 0.2) is 48.5 Å². The normalized spacial score (nSPS) is 11.0. The predicted molar refractivity (Wildman–Crippen MR) is 123 cm³/mol. The maximum Gasteiger partial charge on any atom is 0.248 e. The van der Waals surface area contributed by atoms with E-state index in [0.717, 1.165) is 23.5 Å². The molecule has 0 aliphatic rings. The summed E-state index contributed by atoms with van der Waals surface area (Å²) in [4.78, 5) is 12.2. The molecule has 0 spiro atoms. The number of unbranched alkanes of at least 4 members (excludes halogenated alkanes) is 3. The molecule has 2 aromatic carbocycles. The lowest BCUT2D eigenvalue weighted by atomic mass is 10.2. The Kier molecular flexibility index (Phi) is 9.78. The van der Waals surface area contributed by atoms with Crippen LogP contribution in [0.1, 0.15) is 52.0 Å². The number of amides is 1. The van der Waals surface area contributed by atoms with Crippen LogP contribution in [0, 0.1) is 0 Å². The Bertz CT molecular complexity index is 812. The second-order valence-electron chi connectivity index (χ2n) is 7.33. The Balaban J connectivity index is 1.90. The quantitative estimate of drug-likeness (QED) is 0.339. The molecule has 0 radical (unpaired) electrons. The standard InChI is InChI=1S/C25H33NO4/c1-5-6-7-8-17-29-23-15-9-20(18-24(23)28-4)10-16-25(27)26-21-11-13-22(14-12-21)30-19(2)3/h9-16,18-19H,5-8,17H2,1-4H3,(H,26,27). The smallest absolute Gasteiger partial charge is 0.248 e. The first-order valence-electron chi connectivity index (χ1n) is 10.6. The number of anilines is 1. The van der Waals surface area contributed by atoms with E-state index in [1.165, 1.54) is 25.3 Å². The molecule has 0 aliphatic carbocycles. The number of carbonyl (C=O) groups is 1.